The van der Waals surface area contributed by atoms with Crippen LogP contribution in [0.5, 0.6) is 0 Å². The van der Waals surface area contributed by atoms with Crippen LogP contribution in [0.15, 0.2) is 0 Å². The summed E-state index contributed by atoms with van der Waals surface area (Å²) in [6, 6.07) is 0. The van der Waals surface area contributed by atoms with E-state index in [1.165, 1.54) is 68.5 Å². The molecule has 1 aromatic heterocycles. The molecule has 2 nitrogen and oxygen atoms in total. The van der Waals surface area contributed by atoms with Crippen molar-refractivity contribution >= 4 is 11.3 Å². The first kappa shape index (κ1) is 16.0. The molecule has 1 heterocycles. The molecule has 0 amide bonds. The van der Waals surface area contributed by atoms with E-state index in [9.17, 15) is 0 Å². The van der Waals surface area contributed by atoms with Gasteiger partial charge in [-0.1, -0.05) is 39.5 Å². The zero-order valence-corrected chi connectivity index (χ0v) is 14.2. The highest BCUT2D eigenvalue weighted by atomic mass is 32.1. The molecule has 0 radical (unpaired) electrons. The summed E-state index contributed by atoms with van der Waals surface area (Å²) in [6.07, 6.45) is 11.7. The van der Waals surface area contributed by atoms with Crippen molar-refractivity contribution in [3.8, 4) is 0 Å². The summed E-state index contributed by atoms with van der Waals surface area (Å²) in [4.78, 5) is 6.56. The molecular weight excluding hydrogens is 264 g/mol. The molecule has 0 saturated heterocycles. The monoisotopic (exact) mass is 294 g/mol. The van der Waals surface area contributed by atoms with Gasteiger partial charge in [0.2, 0.25) is 0 Å². The standard InChI is InChI=1S/C17H30N2S/c1-4-6-7-10-13-17(3,18-5-2)16-19-14-11-8-9-12-15(14)20-16/h18H,4-13H2,1-3H3. The van der Waals surface area contributed by atoms with Crippen LogP contribution in [0, 0.1) is 0 Å². The number of aromatic nitrogens is 1. The number of hydrogen-bond acceptors (Lipinski definition) is 3. The van der Waals surface area contributed by atoms with Crippen LogP contribution >= 0.6 is 11.3 Å². The van der Waals surface area contributed by atoms with Crippen LogP contribution in [-0.4, -0.2) is 11.5 Å². The second-order valence-corrected chi connectivity index (χ2v) is 7.35. The largest absolute Gasteiger partial charge is 0.306 e. The zero-order chi connectivity index (χ0) is 14.4. The molecule has 0 bridgehead atoms. The van der Waals surface area contributed by atoms with E-state index >= 15 is 0 Å². The third-order valence-electron chi connectivity index (χ3n) is 4.41. The molecule has 1 aromatic rings. The van der Waals surface area contributed by atoms with Crippen molar-refractivity contribution in [3.05, 3.63) is 15.6 Å². The Morgan fingerprint density at radius 2 is 1.95 bits per heavy atom. The molecule has 1 N–H and O–H groups in total. The second kappa shape index (κ2) is 7.56. The lowest BCUT2D eigenvalue weighted by molar-refractivity contribution is 0.332. The van der Waals surface area contributed by atoms with E-state index in [-0.39, 0.29) is 5.54 Å². The summed E-state index contributed by atoms with van der Waals surface area (Å²) in [5, 5.41) is 5.05. The molecule has 3 heteroatoms. The fourth-order valence-corrected chi connectivity index (χ4v) is 4.46. The number of nitrogens with one attached hydrogen (secondary N) is 1. The maximum atomic E-state index is 5.00. The van der Waals surface area contributed by atoms with Crippen LogP contribution < -0.4 is 5.32 Å². The minimum Gasteiger partial charge on any atom is -0.306 e. The fraction of sp³-hybridized carbons (Fsp3) is 0.824. The first-order chi connectivity index (χ1) is 9.69. The smallest absolute Gasteiger partial charge is 0.113 e. The Bertz CT molecular complexity index is 390. The molecule has 20 heavy (non-hydrogen) atoms. The van der Waals surface area contributed by atoms with Gasteiger partial charge in [-0.05, 0) is 45.6 Å². The Morgan fingerprint density at radius 1 is 1.15 bits per heavy atom. The molecular formula is C17H30N2S. The quantitative estimate of drug-likeness (QED) is 0.695. The van der Waals surface area contributed by atoms with E-state index in [1.54, 1.807) is 4.88 Å². The average molecular weight is 295 g/mol. The van der Waals surface area contributed by atoms with E-state index in [0.29, 0.717) is 0 Å². The van der Waals surface area contributed by atoms with Crippen molar-refractivity contribution < 1.29 is 0 Å². The lowest BCUT2D eigenvalue weighted by Crippen LogP contribution is -2.39. The normalized spacial score (nSPS) is 17.8. The highest BCUT2D eigenvalue weighted by Crippen LogP contribution is 2.35. The van der Waals surface area contributed by atoms with Crippen molar-refractivity contribution in [1.29, 1.82) is 0 Å². The first-order valence-corrected chi connectivity index (χ1v) is 9.25. The summed E-state index contributed by atoms with van der Waals surface area (Å²) in [5.74, 6) is 0. The van der Waals surface area contributed by atoms with Crippen molar-refractivity contribution in [2.45, 2.75) is 84.1 Å². The summed E-state index contributed by atoms with van der Waals surface area (Å²) >= 11 is 1.97. The van der Waals surface area contributed by atoms with E-state index in [2.05, 4.69) is 26.1 Å². The number of thiazole rings is 1. The topological polar surface area (TPSA) is 24.9 Å². The maximum absolute atomic E-state index is 5.00. The van der Waals surface area contributed by atoms with Crippen LogP contribution in [0.4, 0.5) is 0 Å². The molecule has 1 aliphatic carbocycles. The molecule has 1 unspecified atom stereocenters. The predicted octanol–water partition coefficient (Wildman–Crippen LogP) is 4.82. The van der Waals surface area contributed by atoms with Gasteiger partial charge in [0.05, 0.1) is 11.2 Å². The maximum Gasteiger partial charge on any atom is 0.113 e. The van der Waals surface area contributed by atoms with Gasteiger partial charge < -0.3 is 5.32 Å². The number of nitrogens with zero attached hydrogens (tertiary/aromatic N) is 1. The second-order valence-electron chi connectivity index (χ2n) is 6.27. The Kier molecular flexibility index (Phi) is 6.03. The van der Waals surface area contributed by atoms with Gasteiger partial charge in [-0.15, -0.1) is 11.3 Å². The van der Waals surface area contributed by atoms with Crippen molar-refractivity contribution in [1.82, 2.24) is 10.3 Å². The van der Waals surface area contributed by atoms with E-state index < -0.39 is 0 Å². The van der Waals surface area contributed by atoms with Crippen LogP contribution in [0.1, 0.15) is 81.3 Å². The lowest BCUT2D eigenvalue weighted by atomic mass is 9.94. The number of fused-ring (bicyclic) bond motifs is 1. The van der Waals surface area contributed by atoms with Crippen molar-refractivity contribution in [2.75, 3.05) is 6.54 Å². The molecule has 1 atom stereocenters. The molecule has 0 spiro atoms. The van der Waals surface area contributed by atoms with Gasteiger partial charge in [-0.2, -0.15) is 0 Å². The Labute approximate surface area is 128 Å². The Balaban J connectivity index is 2.07. The summed E-state index contributed by atoms with van der Waals surface area (Å²) < 4.78 is 0. The zero-order valence-electron chi connectivity index (χ0n) is 13.4. The third kappa shape index (κ3) is 3.82. The van der Waals surface area contributed by atoms with Gasteiger partial charge in [-0.25, -0.2) is 4.98 Å². The number of unbranched alkanes of at least 4 members (excludes halogenated alkanes) is 3. The fourth-order valence-electron chi connectivity index (χ4n) is 3.15. The third-order valence-corrected chi connectivity index (χ3v) is 5.84. The van der Waals surface area contributed by atoms with Gasteiger partial charge in [0, 0.05) is 4.88 Å². The average Bonchev–Trinajstić information content (AvgIpc) is 2.89. The van der Waals surface area contributed by atoms with E-state index in [4.69, 9.17) is 4.98 Å². The van der Waals surface area contributed by atoms with Crippen LogP contribution in [0.2, 0.25) is 0 Å². The van der Waals surface area contributed by atoms with Crippen LogP contribution in [0.3, 0.4) is 0 Å². The number of hydrogen-bond donors (Lipinski definition) is 1. The van der Waals surface area contributed by atoms with Crippen molar-refractivity contribution in [2.24, 2.45) is 0 Å². The highest BCUT2D eigenvalue weighted by Gasteiger charge is 2.30. The van der Waals surface area contributed by atoms with Gasteiger partial charge in [-0.3, -0.25) is 0 Å². The number of aryl methyl sites for hydroxylation is 2. The minimum absolute atomic E-state index is 0.0878. The minimum atomic E-state index is 0.0878. The first-order valence-electron chi connectivity index (χ1n) is 8.43. The molecule has 1 aliphatic rings. The molecule has 0 aromatic carbocycles. The van der Waals surface area contributed by atoms with Gasteiger partial charge in [0.15, 0.2) is 0 Å². The molecule has 0 fully saturated rings. The molecule has 114 valence electrons. The Morgan fingerprint density at radius 3 is 2.65 bits per heavy atom. The van der Waals surface area contributed by atoms with Gasteiger partial charge in [0.1, 0.15) is 5.01 Å². The highest BCUT2D eigenvalue weighted by molar-refractivity contribution is 7.11. The Hall–Kier alpha value is -0.410. The van der Waals surface area contributed by atoms with Gasteiger partial charge >= 0.3 is 0 Å². The van der Waals surface area contributed by atoms with Crippen LogP contribution in [0.25, 0.3) is 0 Å². The lowest BCUT2D eigenvalue weighted by Gasteiger charge is -2.28. The molecule has 2 rings (SSSR count). The number of rotatable bonds is 8. The van der Waals surface area contributed by atoms with E-state index in [1.807, 2.05) is 11.3 Å². The van der Waals surface area contributed by atoms with E-state index in [0.717, 1.165) is 6.54 Å². The van der Waals surface area contributed by atoms with Gasteiger partial charge in [0.25, 0.3) is 0 Å². The predicted molar refractivity (Wildman–Crippen MR) is 88.5 cm³/mol. The summed E-state index contributed by atoms with van der Waals surface area (Å²) in [5.41, 5.74) is 1.48. The van der Waals surface area contributed by atoms with Crippen LogP contribution in [-0.2, 0) is 18.4 Å². The summed E-state index contributed by atoms with van der Waals surface area (Å²) in [7, 11) is 0. The van der Waals surface area contributed by atoms with Crippen molar-refractivity contribution in [3.63, 3.8) is 0 Å². The molecule has 0 saturated carbocycles. The summed E-state index contributed by atoms with van der Waals surface area (Å²) in [6.45, 7) is 7.86. The SMILES string of the molecule is CCCCCCC(C)(NCC)c1nc2c(s1)CCCC2. The molecule has 0 aliphatic heterocycles.